The zero-order chi connectivity index (χ0) is 20.5. The van der Waals surface area contributed by atoms with E-state index in [1.54, 1.807) is 6.07 Å². The summed E-state index contributed by atoms with van der Waals surface area (Å²) in [5.74, 6) is -0.811. The number of sulfonamides is 1. The normalized spacial score (nSPS) is 22.8. The van der Waals surface area contributed by atoms with E-state index < -0.39 is 40.7 Å². The Morgan fingerprint density at radius 3 is 2.75 bits per heavy atom. The highest BCUT2D eigenvalue weighted by atomic mass is 79.9. The third-order valence-corrected chi connectivity index (χ3v) is 6.63. The first kappa shape index (κ1) is 20.6. The number of hydrogen-bond donors (Lipinski definition) is 2. The summed E-state index contributed by atoms with van der Waals surface area (Å²) in [5, 5.41) is 29.1. The number of nitriles is 1. The van der Waals surface area contributed by atoms with Gasteiger partial charge in [-0.1, -0.05) is 0 Å². The molecule has 0 aliphatic carbocycles. The number of halogens is 2. The molecular weight excluding hydrogens is 457 g/mol. The fourth-order valence-electron chi connectivity index (χ4n) is 2.80. The van der Waals surface area contributed by atoms with Gasteiger partial charge in [0.25, 0.3) is 0 Å². The number of nitrogens with zero attached hydrogens (tertiary/aromatic N) is 3. The molecule has 1 aromatic carbocycles. The highest BCUT2D eigenvalue weighted by Gasteiger charge is 2.50. The molecule has 148 valence electrons. The third-order valence-electron chi connectivity index (χ3n) is 4.37. The fraction of sp³-hybridized carbons (Fsp3) is 0.294. The van der Waals surface area contributed by atoms with Crippen molar-refractivity contribution in [1.82, 2.24) is 9.29 Å². The summed E-state index contributed by atoms with van der Waals surface area (Å²) in [6.45, 7) is -1.44. The minimum atomic E-state index is -4.00. The molecule has 0 radical (unpaired) electrons. The molecule has 1 aromatic heterocycles. The molecule has 0 bridgehead atoms. The van der Waals surface area contributed by atoms with Crippen molar-refractivity contribution < 1.29 is 27.8 Å². The Bertz CT molecular complexity index is 1030. The number of hydrogen-bond acceptors (Lipinski definition) is 7. The van der Waals surface area contributed by atoms with E-state index in [9.17, 15) is 23.0 Å². The van der Waals surface area contributed by atoms with Crippen LogP contribution in [0, 0.1) is 17.1 Å². The largest absolute Gasteiger partial charge is 0.486 e. The van der Waals surface area contributed by atoms with Crippen molar-refractivity contribution >= 4 is 26.0 Å². The van der Waals surface area contributed by atoms with Crippen molar-refractivity contribution in [2.75, 3.05) is 19.7 Å². The van der Waals surface area contributed by atoms with Gasteiger partial charge in [0.05, 0.1) is 18.7 Å². The standard InChI is InChI=1S/C17H15BrFN3O5S/c18-16-4-3-13(7-21-16)28(25,26)22-8-15(17(24,9-22)10-23)27-12-2-1-11(6-20)14(19)5-12/h1-5,7,15,23-24H,8-10H2/t15-,17+/m0/s1. The zero-order valence-corrected chi connectivity index (χ0v) is 16.7. The molecule has 1 saturated heterocycles. The fourth-order valence-corrected chi connectivity index (χ4v) is 4.48. The highest BCUT2D eigenvalue weighted by molar-refractivity contribution is 9.10. The smallest absolute Gasteiger partial charge is 0.244 e. The van der Waals surface area contributed by atoms with Gasteiger partial charge in [-0.05, 0) is 40.2 Å². The van der Waals surface area contributed by atoms with Crippen molar-refractivity contribution in [2.24, 2.45) is 0 Å². The second-order valence-electron chi connectivity index (χ2n) is 6.24. The Kier molecular flexibility index (Phi) is 5.69. The molecule has 2 aromatic rings. The van der Waals surface area contributed by atoms with Gasteiger partial charge >= 0.3 is 0 Å². The van der Waals surface area contributed by atoms with Crippen LogP contribution in [0.5, 0.6) is 5.75 Å². The second-order valence-corrected chi connectivity index (χ2v) is 8.99. The SMILES string of the molecule is N#Cc1ccc(O[C@H]2CN(S(=O)(=O)c3ccc(Br)nc3)C[C@@]2(O)CO)cc1F. The van der Waals surface area contributed by atoms with Crippen molar-refractivity contribution in [1.29, 1.82) is 5.26 Å². The van der Waals surface area contributed by atoms with Crippen molar-refractivity contribution in [3.63, 3.8) is 0 Å². The maximum atomic E-state index is 13.8. The lowest BCUT2D eigenvalue weighted by Gasteiger charge is -2.27. The quantitative estimate of drug-likeness (QED) is 0.623. The molecule has 1 aliphatic heterocycles. The van der Waals surface area contributed by atoms with Gasteiger partial charge in [0, 0.05) is 18.8 Å². The van der Waals surface area contributed by atoms with Gasteiger partial charge in [-0.2, -0.15) is 9.57 Å². The lowest BCUT2D eigenvalue weighted by molar-refractivity contribution is -0.0641. The van der Waals surface area contributed by atoms with Gasteiger partial charge in [-0.15, -0.1) is 0 Å². The third kappa shape index (κ3) is 3.87. The molecule has 2 atom stereocenters. The van der Waals surface area contributed by atoms with E-state index in [0.717, 1.165) is 10.4 Å². The summed E-state index contributed by atoms with van der Waals surface area (Å²) in [6, 6.07) is 8.00. The van der Waals surface area contributed by atoms with E-state index in [1.165, 1.54) is 30.5 Å². The van der Waals surface area contributed by atoms with Gasteiger partial charge in [-0.3, -0.25) is 0 Å². The van der Waals surface area contributed by atoms with Crippen LogP contribution in [0.4, 0.5) is 4.39 Å². The topological polar surface area (TPSA) is 124 Å². The van der Waals surface area contributed by atoms with E-state index >= 15 is 0 Å². The van der Waals surface area contributed by atoms with Crippen LogP contribution in [0.1, 0.15) is 5.56 Å². The zero-order valence-electron chi connectivity index (χ0n) is 14.3. The minimum absolute atomic E-state index is 0.00192. The first-order valence-electron chi connectivity index (χ1n) is 8.01. The molecule has 2 N–H and O–H groups in total. The summed E-state index contributed by atoms with van der Waals surface area (Å²) >= 11 is 3.12. The lowest BCUT2D eigenvalue weighted by Crippen LogP contribution is -2.48. The summed E-state index contributed by atoms with van der Waals surface area (Å²) < 4.78 is 46.4. The highest BCUT2D eigenvalue weighted by Crippen LogP contribution is 2.31. The molecule has 0 saturated carbocycles. The predicted molar refractivity (Wildman–Crippen MR) is 98.3 cm³/mol. The van der Waals surface area contributed by atoms with E-state index in [-0.39, 0.29) is 22.8 Å². The molecule has 0 spiro atoms. The Balaban J connectivity index is 1.86. The number of aliphatic hydroxyl groups excluding tert-OH is 1. The predicted octanol–water partition coefficient (Wildman–Crippen LogP) is 1.03. The van der Waals surface area contributed by atoms with Gasteiger partial charge < -0.3 is 14.9 Å². The molecule has 0 amide bonds. The molecule has 1 aliphatic rings. The van der Waals surface area contributed by atoms with Gasteiger partial charge in [-0.25, -0.2) is 17.8 Å². The van der Waals surface area contributed by atoms with Crippen LogP contribution in [0.15, 0.2) is 46.0 Å². The number of aliphatic hydroxyl groups is 2. The Morgan fingerprint density at radius 1 is 1.43 bits per heavy atom. The lowest BCUT2D eigenvalue weighted by atomic mass is 10.0. The maximum Gasteiger partial charge on any atom is 0.244 e. The second kappa shape index (κ2) is 7.73. The van der Waals surface area contributed by atoms with Crippen LogP contribution in [-0.4, -0.2) is 59.3 Å². The average molecular weight is 472 g/mol. The molecule has 8 nitrogen and oxygen atoms in total. The molecule has 2 heterocycles. The van der Waals surface area contributed by atoms with Crippen LogP contribution in [0.25, 0.3) is 0 Å². The number of ether oxygens (including phenoxy) is 1. The van der Waals surface area contributed by atoms with E-state index in [2.05, 4.69) is 20.9 Å². The van der Waals surface area contributed by atoms with Gasteiger partial charge in [0.15, 0.2) is 0 Å². The molecule has 11 heteroatoms. The molecule has 3 rings (SSSR count). The molecule has 28 heavy (non-hydrogen) atoms. The number of aromatic nitrogens is 1. The van der Waals surface area contributed by atoms with Crippen molar-refractivity contribution in [2.45, 2.75) is 16.6 Å². The number of β-amino-alcohol motifs (C(OH)–C–C–N with tert-alkyl or cyclic N) is 1. The van der Waals surface area contributed by atoms with Crippen molar-refractivity contribution in [3.8, 4) is 11.8 Å². The Labute approximate surface area is 169 Å². The van der Waals surface area contributed by atoms with Crippen LogP contribution < -0.4 is 4.74 Å². The first-order chi connectivity index (χ1) is 13.2. The van der Waals surface area contributed by atoms with E-state index in [0.29, 0.717) is 4.60 Å². The molecule has 1 fully saturated rings. The van der Waals surface area contributed by atoms with Gasteiger partial charge in [0.2, 0.25) is 10.0 Å². The van der Waals surface area contributed by atoms with E-state index in [4.69, 9.17) is 10.00 Å². The summed E-state index contributed by atoms with van der Waals surface area (Å²) in [6.07, 6.45) is 0.0183. The van der Waals surface area contributed by atoms with Crippen molar-refractivity contribution in [3.05, 3.63) is 52.5 Å². The van der Waals surface area contributed by atoms with Crippen LogP contribution >= 0.6 is 15.9 Å². The van der Waals surface area contributed by atoms with Crippen LogP contribution in [0.2, 0.25) is 0 Å². The maximum absolute atomic E-state index is 13.8. The van der Waals surface area contributed by atoms with Crippen LogP contribution in [-0.2, 0) is 10.0 Å². The summed E-state index contributed by atoms with van der Waals surface area (Å²) in [7, 11) is -4.00. The first-order valence-corrected chi connectivity index (χ1v) is 10.2. The van der Waals surface area contributed by atoms with Gasteiger partial charge in [0.1, 0.15) is 38.8 Å². The molecular formula is C17H15BrFN3O5S. The number of pyridine rings is 1. The Morgan fingerprint density at radius 2 is 2.18 bits per heavy atom. The van der Waals surface area contributed by atoms with E-state index in [1.807, 2.05) is 0 Å². The Hall–Kier alpha value is -2.10. The number of rotatable bonds is 5. The average Bonchev–Trinajstić information content (AvgIpc) is 3.00. The monoisotopic (exact) mass is 471 g/mol. The van der Waals surface area contributed by atoms with Crippen LogP contribution in [0.3, 0.4) is 0 Å². The minimum Gasteiger partial charge on any atom is -0.486 e. The summed E-state index contributed by atoms with van der Waals surface area (Å²) in [4.78, 5) is 3.80. The summed E-state index contributed by atoms with van der Waals surface area (Å²) in [5.41, 5.74) is -2.07. The molecule has 0 unspecified atom stereocenters. The number of benzene rings is 1.